The SMILES string of the molecule is CN(C)c1nc(NCc2ccccn2)c2c(-c3ccccc3)csc2n1. The molecule has 4 aromatic rings. The lowest BCUT2D eigenvalue weighted by Gasteiger charge is -2.14. The van der Waals surface area contributed by atoms with E-state index in [0.29, 0.717) is 12.5 Å². The van der Waals surface area contributed by atoms with Crippen LogP contribution in [0.4, 0.5) is 11.8 Å². The van der Waals surface area contributed by atoms with Gasteiger partial charge in [0.25, 0.3) is 0 Å². The van der Waals surface area contributed by atoms with E-state index in [1.807, 2.05) is 43.3 Å². The van der Waals surface area contributed by atoms with Gasteiger partial charge in [-0.2, -0.15) is 4.98 Å². The van der Waals surface area contributed by atoms with Gasteiger partial charge in [-0.3, -0.25) is 4.98 Å². The van der Waals surface area contributed by atoms with Crippen molar-refractivity contribution in [2.75, 3.05) is 24.3 Å². The van der Waals surface area contributed by atoms with E-state index in [-0.39, 0.29) is 0 Å². The van der Waals surface area contributed by atoms with Crippen LogP contribution in [0.15, 0.2) is 60.1 Å². The van der Waals surface area contributed by atoms with Gasteiger partial charge >= 0.3 is 0 Å². The number of thiophene rings is 1. The highest BCUT2D eigenvalue weighted by atomic mass is 32.1. The van der Waals surface area contributed by atoms with Gasteiger partial charge in [0, 0.05) is 31.2 Å². The molecule has 0 fully saturated rings. The smallest absolute Gasteiger partial charge is 0.228 e. The average Bonchev–Trinajstić information content (AvgIpc) is 3.12. The van der Waals surface area contributed by atoms with Crippen LogP contribution in [0.25, 0.3) is 21.3 Å². The van der Waals surface area contributed by atoms with Crippen molar-refractivity contribution in [3.8, 4) is 11.1 Å². The third-order valence-electron chi connectivity index (χ3n) is 4.07. The van der Waals surface area contributed by atoms with E-state index in [1.54, 1.807) is 17.5 Å². The number of fused-ring (bicyclic) bond motifs is 1. The maximum Gasteiger partial charge on any atom is 0.228 e. The van der Waals surface area contributed by atoms with Crippen molar-refractivity contribution in [3.05, 3.63) is 65.8 Å². The number of aromatic nitrogens is 3. The Morgan fingerprint density at radius 3 is 2.54 bits per heavy atom. The van der Waals surface area contributed by atoms with Crippen LogP contribution in [0, 0.1) is 0 Å². The molecule has 0 amide bonds. The number of hydrogen-bond acceptors (Lipinski definition) is 6. The summed E-state index contributed by atoms with van der Waals surface area (Å²) in [4.78, 5) is 16.8. The monoisotopic (exact) mass is 361 g/mol. The van der Waals surface area contributed by atoms with E-state index in [2.05, 4.69) is 39.9 Å². The first-order chi connectivity index (χ1) is 12.7. The van der Waals surface area contributed by atoms with E-state index in [4.69, 9.17) is 9.97 Å². The fourth-order valence-electron chi connectivity index (χ4n) is 2.77. The standard InChI is InChI=1S/C20H19N5S/c1-25(2)20-23-18(22-12-15-10-6-7-11-21-15)17-16(13-26-19(17)24-20)14-8-4-3-5-9-14/h3-11,13H,12H2,1-2H3,(H,22,23,24). The minimum Gasteiger partial charge on any atom is -0.364 e. The molecular weight excluding hydrogens is 342 g/mol. The summed E-state index contributed by atoms with van der Waals surface area (Å²) in [6, 6.07) is 16.3. The number of benzene rings is 1. The summed E-state index contributed by atoms with van der Waals surface area (Å²) in [6.45, 7) is 0.615. The predicted octanol–water partition coefficient (Wildman–Crippen LogP) is 4.43. The summed E-state index contributed by atoms with van der Waals surface area (Å²) < 4.78 is 0. The van der Waals surface area contributed by atoms with Crippen LogP contribution in [-0.4, -0.2) is 29.0 Å². The number of nitrogens with zero attached hydrogens (tertiary/aromatic N) is 4. The molecule has 130 valence electrons. The van der Waals surface area contributed by atoms with Crippen molar-refractivity contribution < 1.29 is 0 Å². The van der Waals surface area contributed by atoms with Crippen LogP contribution in [0.3, 0.4) is 0 Å². The van der Waals surface area contributed by atoms with E-state index < -0.39 is 0 Å². The van der Waals surface area contributed by atoms with Gasteiger partial charge in [-0.25, -0.2) is 4.98 Å². The molecule has 0 unspecified atom stereocenters. The van der Waals surface area contributed by atoms with E-state index in [0.717, 1.165) is 27.3 Å². The Bertz CT molecular complexity index is 1010. The zero-order valence-corrected chi connectivity index (χ0v) is 15.5. The number of hydrogen-bond donors (Lipinski definition) is 1. The summed E-state index contributed by atoms with van der Waals surface area (Å²) in [5, 5.41) is 6.67. The molecule has 26 heavy (non-hydrogen) atoms. The van der Waals surface area contributed by atoms with Crippen molar-refractivity contribution in [2.45, 2.75) is 6.54 Å². The molecule has 1 N–H and O–H groups in total. The summed E-state index contributed by atoms with van der Waals surface area (Å²) in [5.74, 6) is 1.53. The molecule has 3 heterocycles. The first kappa shape index (κ1) is 16.5. The van der Waals surface area contributed by atoms with Crippen LogP contribution in [0.1, 0.15) is 5.69 Å². The Hall–Kier alpha value is -2.99. The second-order valence-corrected chi connectivity index (χ2v) is 6.99. The van der Waals surface area contributed by atoms with E-state index in [1.165, 1.54) is 5.56 Å². The van der Waals surface area contributed by atoms with Crippen molar-refractivity contribution in [1.82, 2.24) is 15.0 Å². The van der Waals surface area contributed by atoms with Gasteiger partial charge < -0.3 is 10.2 Å². The zero-order chi connectivity index (χ0) is 17.9. The van der Waals surface area contributed by atoms with E-state index >= 15 is 0 Å². The van der Waals surface area contributed by atoms with Crippen LogP contribution in [-0.2, 0) is 6.54 Å². The Kier molecular flexibility index (Phi) is 4.50. The number of anilines is 2. The molecule has 5 nitrogen and oxygen atoms in total. The molecule has 0 spiro atoms. The first-order valence-corrected chi connectivity index (χ1v) is 9.26. The highest BCUT2D eigenvalue weighted by Crippen LogP contribution is 2.37. The number of rotatable bonds is 5. The molecule has 0 aliphatic carbocycles. The Morgan fingerprint density at radius 2 is 1.81 bits per heavy atom. The van der Waals surface area contributed by atoms with Crippen molar-refractivity contribution in [2.24, 2.45) is 0 Å². The summed E-state index contributed by atoms with van der Waals surface area (Å²) in [6.07, 6.45) is 1.80. The molecular formula is C20H19N5S. The Balaban J connectivity index is 1.81. The predicted molar refractivity (Wildman–Crippen MR) is 109 cm³/mol. The Labute approximate surface area is 156 Å². The molecule has 6 heteroatoms. The van der Waals surface area contributed by atoms with Gasteiger partial charge in [0.15, 0.2) is 0 Å². The number of pyridine rings is 1. The molecule has 0 aliphatic rings. The van der Waals surface area contributed by atoms with Crippen molar-refractivity contribution in [1.29, 1.82) is 0 Å². The molecule has 0 radical (unpaired) electrons. The van der Waals surface area contributed by atoms with Gasteiger partial charge in [-0.15, -0.1) is 11.3 Å². The summed E-state index contributed by atoms with van der Waals surface area (Å²) in [5.41, 5.74) is 3.29. The van der Waals surface area contributed by atoms with E-state index in [9.17, 15) is 0 Å². The van der Waals surface area contributed by atoms with Crippen LogP contribution in [0.2, 0.25) is 0 Å². The highest BCUT2D eigenvalue weighted by molar-refractivity contribution is 7.17. The van der Waals surface area contributed by atoms with Gasteiger partial charge in [-0.05, 0) is 17.7 Å². The minimum atomic E-state index is 0.615. The average molecular weight is 361 g/mol. The second-order valence-electron chi connectivity index (χ2n) is 6.14. The molecule has 4 rings (SSSR count). The number of nitrogens with one attached hydrogen (secondary N) is 1. The van der Waals surface area contributed by atoms with Crippen molar-refractivity contribution in [3.63, 3.8) is 0 Å². The fraction of sp³-hybridized carbons (Fsp3) is 0.150. The third-order valence-corrected chi connectivity index (χ3v) is 4.94. The fourth-order valence-corrected chi connectivity index (χ4v) is 3.71. The lowest BCUT2D eigenvalue weighted by molar-refractivity contribution is 0.994. The summed E-state index contributed by atoms with van der Waals surface area (Å²) >= 11 is 1.64. The zero-order valence-electron chi connectivity index (χ0n) is 14.7. The van der Waals surface area contributed by atoms with Crippen LogP contribution in [0.5, 0.6) is 0 Å². The van der Waals surface area contributed by atoms with Crippen LogP contribution < -0.4 is 10.2 Å². The highest BCUT2D eigenvalue weighted by Gasteiger charge is 2.16. The minimum absolute atomic E-state index is 0.615. The maximum atomic E-state index is 4.76. The first-order valence-electron chi connectivity index (χ1n) is 8.38. The molecule has 0 saturated heterocycles. The molecule has 0 atom stereocenters. The quantitative estimate of drug-likeness (QED) is 0.570. The molecule has 0 aliphatic heterocycles. The normalized spacial score (nSPS) is 10.8. The molecule has 3 aromatic heterocycles. The molecule has 1 aromatic carbocycles. The molecule has 0 bridgehead atoms. The van der Waals surface area contributed by atoms with Gasteiger partial charge in [-0.1, -0.05) is 36.4 Å². The molecule has 0 saturated carbocycles. The topological polar surface area (TPSA) is 53.9 Å². The lowest BCUT2D eigenvalue weighted by atomic mass is 10.1. The Morgan fingerprint density at radius 1 is 1.00 bits per heavy atom. The van der Waals surface area contributed by atoms with Gasteiger partial charge in [0.05, 0.1) is 17.6 Å². The summed E-state index contributed by atoms with van der Waals surface area (Å²) in [7, 11) is 3.91. The largest absolute Gasteiger partial charge is 0.364 e. The lowest BCUT2D eigenvalue weighted by Crippen LogP contribution is -2.14. The van der Waals surface area contributed by atoms with Crippen LogP contribution >= 0.6 is 11.3 Å². The third kappa shape index (κ3) is 3.23. The van der Waals surface area contributed by atoms with Gasteiger partial charge in [0.2, 0.25) is 5.95 Å². The maximum absolute atomic E-state index is 4.76. The van der Waals surface area contributed by atoms with Crippen molar-refractivity contribution >= 4 is 33.3 Å². The second kappa shape index (κ2) is 7.09. The van der Waals surface area contributed by atoms with Gasteiger partial charge in [0.1, 0.15) is 10.6 Å².